The fourth-order valence-electron chi connectivity index (χ4n) is 1.78. The topological polar surface area (TPSA) is 58.2 Å². The van der Waals surface area contributed by atoms with Gasteiger partial charge in [-0.25, -0.2) is 0 Å². The molecular weight excluding hydrogens is 275 g/mol. The van der Waals surface area contributed by atoms with Gasteiger partial charge >= 0.3 is 0 Å². The lowest BCUT2D eigenvalue weighted by Gasteiger charge is -2.11. The molecule has 1 aromatic carbocycles. The predicted molar refractivity (Wildman–Crippen MR) is 69.5 cm³/mol. The Morgan fingerprint density at radius 3 is 2.83 bits per heavy atom. The molecule has 0 aliphatic carbocycles. The normalized spacial score (nSPS) is 18.6. The third kappa shape index (κ3) is 3.15. The molecule has 2 amide bonds. The number of rotatable bonds is 3. The second-order valence-electron chi connectivity index (χ2n) is 4.11. The van der Waals surface area contributed by atoms with Crippen molar-refractivity contribution in [1.82, 2.24) is 10.6 Å². The van der Waals surface area contributed by atoms with Crippen LogP contribution >= 0.6 is 23.2 Å². The largest absolute Gasteiger partial charge is 0.350 e. The van der Waals surface area contributed by atoms with Gasteiger partial charge in [0.15, 0.2) is 0 Å². The standard InChI is InChI=1S/C12H12Cl2N2O2/c13-8-2-1-7(9(14)5-8)6-15-12(18)10-3-4-11(17)16-10/h1-2,5,10H,3-4,6H2,(H,15,18)(H,16,17). The lowest BCUT2D eigenvalue weighted by Crippen LogP contribution is -2.41. The average Bonchev–Trinajstić information content (AvgIpc) is 2.74. The summed E-state index contributed by atoms with van der Waals surface area (Å²) >= 11 is 11.8. The van der Waals surface area contributed by atoms with Crippen molar-refractivity contribution in [3.8, 4) is 0 Å². The number of carbonyl (C=O) groups excluding carboxylic acids is 2. The molecule has 1 saturated heterocycles. The summed E-state index contributed by atoms with van der Waals surface area (Å²) in [6.45, 7) is 0.321. The monoisotopic (exact) mass is 286 g/mol. The zero-order chi connectivity index (χ0) is 13.1. The number of carbonyl (C=O) groups is 2. The van der Waals surface area contributed by atoms with Crippen LogP contribution in [0, 0.1) is 0 Å². The molecule has 1 heterocycles. The van der Waals surface area contributed by atoms with Crippen molar-refractivity contribution in [1.29, 1.82) is 0 Å². The molecule has 4 nitrogen and oxygen atoms in total. The third-order valence-electron chi connectivity index (χ3n) is 2.78. The first-order valence-corrected chi connectivity index (χ1v) is 6.33. The molecule has 1 unspecified atom stereocenters. The molecule has 0 aromatic heterocycles. The van der Waals surface area contributed by atoms with Crippen molar-refractivity contribution in [2.24, 2.45) is 0 Å². The van der Waals surface area contributed by atoms with Crippen LogP contribution in [-0.2, 0) is 16.1 Å². The van der Waals surface area contributed by atoms with E-state index in [0.717, 1.165) is 5.56 Å². The van der Waals surface area contributed by atoms with Gasteiger partial charge in [-0.2, -0.15) is 0 Å². The number of halogens is 2. The molecule has 1 fully saturated rings. The Labute approximate surface area is 115 Å². The summed E-state index contributed by atoms with van der Waals surface area (Å²) in [6.07, 6.45) is 0.943. The molecule has 1 atom stereocenters. The summed E-state index contributed by atoms with van der Waals surface area (Å²) in [5.41, 5.74) is 0.791. The lowest BCUT2D eigenvalue weighted by atomic mass is 10.2. The Morgan fingerprint density at radius 2 is 2.22 bits per heavy atom. The first-order valence-electron chi connectivity index (χ1n) is 5.57. The minimum atomic E-state index is -0.427. The Morgan fingerprint density at radius 1 is 1.44 bits per heavy atom. The summed E-state index contributed by atoms with van der Waals surface area (Å²) < 4.78 is 0. The summed E-state index contributed by atoms with van der Waals surface area (Å²) in [5, 5.41) is 6.42. The average molecular weight is 287 g/mol. The highest BCUT2D eigenvalue weighted by molar-refractivity contribution is 6.35. The molecule has 1 aliphatic rings. The fourth-order valence-corrected chi connectivity index (χ4v) is 2.26. The van der Waals surface area contributed by atoms with E-state index >= 15 is 0 Å². The van der Waals surface area contributed by atoms with Crippen LogP contribution in [0.1, 0.15) is 18.4 Å². The maximum Gasteiger partial charge on any atom is 0.242 e. The minimum absolute atomic E-state index is 0.0836. The highest BCUT2D eigenvalue weighted by Crippen LogP contribution is 2.20. The zero-order valence-electron chi connectivity index (χ0n) is 9.50. The van der Waals surface area contributed by atoms with E-state index in [0.29, 0.717) is 29.4 Å². The van der Waals surface area contributed by atoms with Crippen molar-refractivity contribution in [3.05, 3.63) is 33.8 Å². The van der Waals surface area contributed by atoms with Gasteiger partial charge in [0, 0.05) is 23.0 Å². The van der Waals surface area contributed by atoms with Crippen LogP contribution in [0.4, 0.5) is 0 Å². The van der Waals surface area contributed by atoms with Gasteiger partial charge in [0.25, 0.3) is 0 Å². The molecule has 18 heavy (non-hydrogen) atoms. The van der Waals surface area contributed by atoms with Gasteiger partial charge < -0.3 is 10.6 Å². The van der Waals surface area contributed by atoms with Gasteiger partial charge in [0.05, 0.1) is 0 Å². The number of hydrogen-bond acceptors (Lipinski definition) is 2. The first-order chi connectivity index (χ1) is 8.56. The summed E-state index contributed by atoms with van der Waals surface area (Å²) in [7, 11) is 0. The molecule has 96 valence electrons. The molecule has 0 bridgehead atoms. The van der Waals surface area contributed by atoms with Crippen LogP contribution in [0.15, 0.2) is 18.2 Å². The summed E-state index contributed by atoms with van der Waals surface area (Å²) in [5.74, 6) is -0.272. The Balaban J connectivity index is 1.91. The van der Waals surface area contributed by atoms with Crippen LogP contribution in [-0.4, -0.2) is 17.9 Å². The highest BCUT2D eigenvalue weighted by atomic mass is 35.5. The second kappa shape index (κ2) is 5.59. The molecule has 1 aliphatic heterocycles. The van der Waals surface area contributed by atoms with Gasteiger partial charge in [-0.1, -0.05) is 29.3 Å². The Bertz CT molecular complexity index is 491. The minimum Gasteiger partial charge on any atom is -0.350 e. The Hall–Kier alpha value is -1.26. The summed E-state index contributed by atoms with van der Waals surface area (Å²) in [6, 6.07) is 4.68. The van der Waals surface area contributed by atoms with Crippen LogP contribution < -0.4 is 10.6 Å². The van der Waals surface area contributed by atoms with E-state index in [2.05, 4.69) is 10.6 Å². The van der Waals surface area contributed by atoms with Crippen LogP contribution in [0.2, 0.25) is 10.0 Å². The van der Waals surface area contributed by atoms with Gasteiger partial charge in [-0.05, 0) is 24.1 Å². The smallest absolute Gasteiger partial charge is 0.242 e. The molecule has 0 radical (unpaired) electrons. The first kappa shape index (κ1) is 13.2. The quantitative estimate of drug-likeness (QED) is 0.892. The Kier molecular flexibility index (Phi) is 4.09. The van der Waals surface area contributed by atoms with Crippen molar-refractivity contribution in [2.45, 2.75) is 25.4 Å². The molecule has 0 saturated carbocycles. The van der Waals surface area contributed by atoms with Gasteiger partial charge in [-0.3, -0.25) is 9.59 Å². The van der Waals surface area contributed by atoms with Gasteiger partial charge in [0.1, 0.15) is 6.04 Å². The lowest BCUT2D eigenvalue weighted by molar-refractivity contribution is -0.125. The molecule has 6 heteroatoms. The highest BCUT2D eigenvalue weighted by Gasteiger charge is 2.26. The van der Waals surface area contributed by atoms with E-state index in [4.69, 9.17) is 23.2 Å². The van der Waals surface area contributed by atoms with Crippen LogP contribution in [0.25, 0.3) is 0 Å². The van der Waals surface area contributed by atoms with Gasteiger partial charge in [-0.15, -0.1) is 0 Å². The van der Waals surface area contributed by atoms with Gasteiger partial charge in [0.2, 0.25) is 11.8 Å². The van der Waals surface area contributed by atoms with E-state index in [-0.39, 0.29) is 11.8 Å². The molecule has 2 rings (SSSR count). The van der Waals surface area contributed by atoms with Crippen LogP contribution in [0.3, 0.4) is 0 Å². The summed E-state index contributed by atoms with van der Waals surface area (Å²) in [4.78, 5) is 22.7. The van der Waals surface area contributed by atoms with Crippen LogP contribution in [0.5, 0.6) is 0 Å². The molecule has 1 aromatic rings. The van der Waals surface area contributed by atoms with Crippen molar-refractivity contribution < 1.29 is 9.59 Å². The van der Waals surface area contributed by atoms with E-state index in [1.807, 2.05) is 0 Å². The van der Waals surface area contributed by atoms with Crippen molar-refractivity contribution in [3.63, 3.8) is 0 Å². The number of amides is 2. The number of hydrogen-bond donors (Lipinski definition) is 2. The molecular formula is C12H12Cl2N2O2. The van der Waals surface area contributed by atoms with E-state index in [9.17, 15) is 9.59 Å². The zero-order valence-corrected chi connectivity index (χ0v) is 11.0. The van der Waals surface area contributed by atoms with Crippen molar-refractivity contribution >= 4 is 35.0 Å². The van der Waals surface area contributed by atoms with E-state index in [1.165, 1.54) is 0 Å². The SMILES string of the molecule is O=C1CCC(C(=O)NCc2ccc(Cl)cc2Cl)N1. The van der Waals surface area contributed by atoms with E-state index in [1.54, 1.807) is 18.2 Å². The third-order valence-corrected chi connectivity index (χ3v) is 3.37. The fraction of sp³-hybridized carbons (Fsp3) is 0.333. The van der Waals surface area contributed by atoms with E-state index < -0.39 is 6.04 Å². The number of benzene rings is 1. The predicted octanol–water partition coefficient (Wildman–Crippen LogP) is 1.89. The molecule has 2 N–H and O–H groups in total. The molecule has 0 spiro atoms. The maximum atomic E-state index is 11.7. The van der Waals surface area contributed by atoms with Crippen molar-refractivity contribution in [2.75, 3.05) is 0 Å². The second-order valence-corrected chi connectivity index (χ2v) is 4.96. The maximum absolute atomic E-state index is 11.7. The number of nitrogens with one attached hydrogen (secondary N) is 2.